The second kappa shape index (κ2) is 6.29. The number of fused-ring (bicyclic) bond motifs is 3. The van der Waals surface area contributed by atoms with E-state index in [0.29, 0.717) is 6.54 Å². The van der Waals surface area contributed by atoms with Gasteiger partial charge in [-0.2, -0.15) is 0 Å². The molecule has 0 atom stereocenters. The minimum atomic E-state index is 0.585. The summed E-state index contributed by atoms with van der Waals surface area (Å²) in [6, 6.07) is 19.4. The molecule has 0 aliphatic carbocycles. The average Bonchev–Trinajstić information content (AvgIpc) is 2.54. The van der Waals surface area contributed by atoms with Crippen molar-refractivity contribution in [1.82, 2.24) is 0 Å². The van der Waals surface area contributed by atoms with Crippen LogP contribution in [0.2, 0.25) is 0 Å². The number of aryl methyl sites for hydroxylation is 1. The van der Waals surface area contributed by atoms with Crippen LogP contribution in [0, 0.1) is 0 Å². The molecule has 3 aromatic carbocycles. The highest BCUT2D eigenvalue weighted by Crippen LogP contribution is 2.29. The third-order valence-corrected chi connectivity index (χ3v) is 3.87. The third kappa shape index (κ3) is 2.83. The van der Waals surface area contributed by atoms with Crippen molar-refractivity contribution >= 4 is 21.5 Å². The van der Waals surface area contributed by atoms with Crippen LogP contribution in [-0.2, 0) is 6.42 Å². The Kier molecular flexibility index (Phi) is 4.04. The van der Waals surface area contributed by atoms with Crippen molar-refractivity contribution in [3.63, 3.8) is 0 Å². The van der Waals surface area contributed by atoms with E-state index in [4.69, 9.17) is 5.53 Å². The maximum Gasteiger partial charge on any atom is 0.0258 e. The Bertz CT molecular complexity index is 817. The molecular formula is C18H17N3. The summed E-state index contributed by atoms with van der Waals surface area (Å²) < 4.78 is 0. The fraction of sp³-hybridized carbons (Fsp3) is 0.222. The largest absolute Gasteiger partial charge is 0.0940 e. The first-order chi connectivity index (χ1) is 10.4. The van der Waals surface area contributed by atoms with Gasteiger partial charge in [0, 0.05) is 11.5 Å². The molecule has 0 aliphatic heterocycles. The molecule has 3 heteroatoms. The van der Waals surface area contributed by atoms with E-state index in [0.717, 1.165) is 19.3 Å². The minimum absolute atomic E-state index is 0.585. The van der Waals surface area contributed by atoms with Crippen LogP contribution in [0.25, 0.3) is 32.0 Å². The smallest absolute Gasteiger partial charge is 0.0258 e. The van der Waals surface area contributed by atoms with Crippen LogP contribution in [0.5, 0.6) is 0 Å². The van der Waals surface area contributed by atoms with E-state index in [1.165, 1.54) is 27.1 Å². The van der Waals surface area contributed by atoms with Crippen LogP contribution < -0.4 is 0 Å². The molecule has 0 bridgehead atoms. The molecule has 21 heavy (non-hydrogen) atoms. The molecule has 0 heterocycles. The molecule has 0 radical (unpaired) electrons. The quantitative estimate of drug-likeness (QED) is 0.190. The Labute approximate surface area is 123 Å². The van der Waals surface area contributed by atoms with E-state index in [1.54, 1.807) is 0 Å². The van der Waals surface area contributed by atoms with E-state index in [9.17, 15) is 0 Å². The maximum atomic E-state index is 8.30. The fourth-order valence-electron chi connectivity index (χ4n) is 2.88. The molecule has 3 aromatic rings. The summed E-state index contributed by atoms with van der Waals surface area (Å²) in [6.07, 6.45) is 3.00. The van der Waals surface area contributed by atoms with Gasteiger partial charge in [-0.3, -0.25) is 0 Å². The van der Waals surface area contributed by atoms with Gasteiger partial charge in [0.05, 0.1) is 0 Å². The van der Waals surface area contributed by atoms with E-state index < -0.39 is 0 Å². The van der Waals surface area contributed by atoms with Gasteiger partial charge < -0.3 is 0 Å². The lowest BCUT2D eigenvalue weighted by molar-refractivity contribution is 0.745. The van der Waals surface area contributed by atoms with Crippen LogP contribution in [-0.4, -0.2) is 6.54 Å². The molecule has 0 unspecified atom stereocenters. The summed E-state index contributed by atoms with van der Waals surface area (Å²) in [7, 11) is 0. The van der Waals surface area contributed by atoms with Crippen LogP contribution >= 0.6 is 0 Å². The molecule has 3 rings (SSSR count). The molecule has 0 aromatic heterocycles. The van der Waals surface area contributed by atoms with Gasteiger partial charge in [0.25, 0.3) is 0 Å². The number of unbranched alkanes of at least 4 members (excludes halogenated alkanes) is 1. The highest BCUT2D eigenvalue weighted by Gasteiger charge is 2.05. The molecule has 0 aliphatic rings. The minimum Gasteiger partial charge on any atom is -0.0940 e. The standard InChI is InChI=1S/C18H17N3/c19-21-20-12-6-5-8-15-13-14-7-1-2-9-16(14)18-11-4-3-10-17(15)18/h1-4,7,9-11,13H,5-6,8,12H2. The lowest BCUT2D eigenvalue weighted by Gasteiger charge is -2.10. The van der Waals surface area contributed by atoms with E-state index >= 15 is 0 Å². The lowest BCUT2D eigenvalue weighted by Crippen LogP contribution is -1.91. The zero-order valence-electron chi connectivity index (χ0n) is 11.9. The van der Waals surface area contributed by atoms with Gasteiger partial charge in [-0.1, -0.05) is 59.7 Å². The van der Waals surface area contributed by atoms with Crippen molar-refractivity contribution in [3.05, 3.63) is 70.6 Å². The van der Waals surface area contributed by atoms with Crippen molar-refractivity contribution in [2.45, 2.75) is 19.3 Å². The molecule has 0 N–H and O–H groups in total. The molecule has 0 saturated carbocycles. The number of rotatable bonds is 5. The van der Waals surface area contributed by atoms with Crippen LogP contribution in [0.4, 0.5) is 0 Å². The van der Waals surface area contributed by atoms with Gasteiger partial charge in [-0.15, -0.1) is 0 Å². The number of hydrogen-bond acceptors (Lipinski definition) is 1. The van der Waals surface area contributed by atoms with E-state index in [1.807, 2.05) is 0 Å². The first-order valence-corrected chi connectivity index (χ1v) is 7.30. The maximum absolute atomic E-state index is 8.30. The second-order valence-electron chi connectivity index (χ2n) is 5.21. The Morgan fingerprint density at radius 2 is 1.57 bits per heavy atom. The van der Waals surface area contributed by atoms with Gasteiger partial charge in [-0.05, 0) is 51.9 Å². The molecule has 3 nitrogen and oxygen atoms in total. The predicted molar refractivity (Wildman–Crippen MR) is 88.4 cm³/mol. The monoisotopic (exact) mass is 275 g/mol. The Balaban J connectivity index is 1.98. The summed E-state index contributed by atoms with van der Waals surface area (Å²) in [6.45, 7) is 0.585. The number of nitrogens with zero attached hydrogens (tertiary/aromatic N) is 3. The Morgan fingerprint density at radius 3 is 2.38 bits per heavy atom. The molecule has 0 saturated heterocycles. The topological polar surface area (TPSA) is 48.8 Å². The molecule has 104 valence electrons. The number of azide groups is 1. The number of hydrogen-bond donors (Lipinski definition) is 0. The first-order valence-electron chi connectivity index (χ1n) is 7.30. The van der Waals surface area contributed by atoms with Crippen molar-refractivity contribution in [1.29, 1.82) is 0 Å². The van der Waals surface area contributed by atoms with E-state index in [-0.39, 0.29) is 0 Å². The van der Waals surface area contributed by atoms with Gasteiger partial charge in [0.2, 0.25) is 0 Å². The van der Waals surface area contributed by atoms with Crippen molar-refractivity contribution < 1.29 is 0 Å². The summed E-state index contributed by atoms with van der Waals surface area (Å²) in [5, 5.41) is 8.85. The van der Waals surface area contributed by atoms with E-state index in [2.05, 4.69) is 64.6 Å². The van der Waals surface area contributed by atoms with Gasteiger partial charge >= 0.3 is 0 Å². The third-order valence-electron chi connectivity index (χ3n) is 3.87. The summed E-state index contributed by atoms with van der Waals surface area (Å²) in [4.78, 5) is 2.80. The average molecular weight is 275 g/mol. The normalized spacial score (nSPS) is 10.7. The Hall–Kier alpha value is -2.51. The van der Waals surface area contributed by atoms with Crippen LogP contribution in [0.15, 0.2) is 59.7 Å². The predicted octanol–water partition coefficient (Wildman–Crippen LogP) is 5.63. The Morgan fingerprint density at radius 1 is 0.857 bits per heavy atom. The highest BCUT2D eigenvalue weighted by molar-refractivity contribution is 6.08. The molecule has 0 fully saturated rings. The molecular weight excluding hydrogens is 258 g/mol. The van der Waals surface area contributed by atoms with Gasteiger partial charge in [0.15, 0.2) is 0 Å². The summed E-state index contributed by atoms with van der Waals surface area (Å²) in [5.74, 6) is 0. The zero-order chi connectivity index (χ0) is 14.5. The van der Waals surface area contributed by atoms with Crippen molar-refractivity contribution in [3.8, 4) is 0 Å². The van der Waals surface area contributed by atoms with Gasteiger partial charge in [0.1, 0.15) is 0 Å². The molecule has 0 spiro atoms. The van der Waals surface area contributed by atoms with Crippen molar-refractivity contribution in [2.24, 2.45) is 5.11 Å². The number of benzene rings is 3. The van der Waals surface area contributed by atoms with Crippen LogP contribution in [0.3, 0.4) is 0 Å². The first kappa shape index (κ1) is 13.5. The highest BCUT2D eigenvalue weighted by atomic mass is 15.1. The molecule has 0 amide bonds. The van der Waals surface area contributed by atoms with Crippen molar-refractivity contribution in [2.75, 3.05) is 6.54 Å². The zero-order valence-corrected chi connectivity index (χ0v) is 11.9. The van der Waals surface area contributed by atoms with Crippen LogP contribution in [0.1, 0.15) is 18.4 Å². The lowest BCUT2D eigenvalue weighted by atomic mass is 9.94. The summed E-state index contributed by atoms with van der Waals surface area (Å²) >= 11 is 0. The van der Waals surface area contributed by atoms with Gasteiger partial charge in [-0.25, -0.2) is 0 Å². The second-order valence-corrected chi connectivity index (χ2v) is 5.21. The SMILES string of the molecule is [N-]=[N+]=NCCCCc1cc2ccccc2c2ccccc12. The summed E-state index contributed by atoms with van der Waals surface area (Å²) in [5.41, 5.74) is 9.68. The fourth-order valence-corrected chi connectivity index (χ4v) is 2.88.